The van der Waals surface area contributed by atoms with E-state index >= 15 is 0 Å². The Bertz CT molecular complexity index is 907. The molecule has 5 heteroatoms. The number of ether oxygens (including phenoxy) is 2. The maximum Gasteiger partial charge on any atom is 0.245 e. The number of nitrogens with zero attached hydrogens (tertiary/aromatic N) is 2. The number of aromatic nitrogens is 1. The second-order valence-corrected chi connectivity index (χ2v) is 5.27. The van der Waals surface area contributed by atoms with E-state index in [2.05, 4.69) is 5.10 Å². The molecular weight excluding hydrogens is 304 g/mol. The van der Waals surface area contributed by atoms with Gasteiger partial charge < -0.3 is 14.6 Å². The summed E-state index contributed by atoms with van der Waals surface area (Å²) < 4.78 is 12.3. The third kappa shape index (κ3) is 2.67. The van der Waals surface area contributed by atoms with Crippen LogP contribution in [-0.4, -0.2) is 12.7 Å². The van der Waals surface area contributed by atoms with Gasteiger partial charge in [-0.25, -0.2) is 0 Å². The zero-order valence-electron chi connectivity index (χ0n) is 12.8. The van der Waals surface area contributed by atoms with Crippen molar-refractivity contribution < 1.29 is 19.3 Å². The average Bonchev–Trinajstić information content (AvgIpc) is 3.10. The van der Waals surface area contributed by atoms with Gasteiger partial charge in [0.1, 0.15) is 0 Å². The zero-order chi connectivity index (χ0) is 16.4. The first kappa shape index (κ1) is 14.3. The van der Waals surface area contributed by atoms with E-state index in [9.17, 15) is 5.11 Å². The van der Waals surface area contributed by atoms with E-state index in [4.69, 9.17) is 9.47 Å². The van der Waals surface area contributed by atoms with Crippen LogP contribution in [0.2, 0.25) is 0 Å². The van der Waals surface area contributed by atoms with E-state index in [1.807, 2.05) is 54.6 Å². The normalized spacial score (nSPS) is 13.1. The first-order valence-corrected chi connectivity index (χ1v) is 7.53. The SMILES string of the molecule is [O-]/C(=N\[n+]1ccccc1-c1ccc2c(c1)OCO2)c1ccccc1. The Hall–Kier alpha value is -3.34. The number of hydrogen-bond donors (Lipinski definition) is 0. The van der Waals surface area contributed by atoms with Crippen LogP contribution in [0.5, 0.6) is 11.5 Å². The molecule has 118 valence electrons. The van der Waals surface area contributed by atoms with Gasteiger partial charge in [-0.05, 0) is 34.9 Å². The summed E-state index contributed by atoms with van der Waals surface area (Å²) in [4.78, 5) is 0. The van der Waals surface area contributed by atoms with Crippen molar-refractivity contribution in [1.82, 2.24) is 0 Å². The minimum absolute atomic E-state index is 0.227. The largest absolute Gasteiger partial charge is 0.854 e. The molecule has 1 aliphatic rings. The van der Waals surface area contributed by atoms with Gasteiger partial charge in [-0.1, -0.05) is 35.0 Å². The smallest absolute Gasteiger partial charge is 0.245 e. The Morgan fingerprint density at radius 1 is 0.917 bits per heavy atom. The molecule has 0 radical (unpaired) electrons. The molecule has 0 spiro atoms. The van der Waals surface area contributed by atoms with Crippen LogP contribution >= 0.6 is 0 Å². The summed E-state index contributed by atoms with van der Waals surface area (Å²) in [6.07, 6.45) is 1.75. The fraction of sp³-hybridized carbons (Fsp3) is 0.0526. The Morgan fingerprint density at radius 3 is 2.58 bits per heavy atom. The molecule has 0 bridgehead atoms. The van der Waals surface area contributed by atoms with E-state index in [1.165, 1.54) is 0 Å². The van der Waals surface area contributed by atoms with Gasteiger partial charge in [-0.15, -0.1) is 0 Å². The molecule has 5 nitrogen and oxygen atoms in total. The van der Waals surface area contributed by atoms with Crippen molar-refractivity contribution in [3.8, 4) is 22.8 Å². The van der Waals surface area contributed by atoms with E-state index in [1.54, 1.807) is 23.0 Å². The number of hydrogen-bond acceptors (Lipinski definition) is 4. The zero-order valence-corrected chi connectivity index (χ0v) is 12.8. The molecule has 3 aromatic rings. The minimum Gasteiger partial charge on any atom is -0.854 e. The highest BCUT2D eigenvalue weighted by Crippen LogP contribution is 2.35. The lowest BCUT2D eigenvalue weighted by Crippen LogP contribution is -2.35. The molecule has 1 aromatic heterocycles. The van der Waals surface area contributed by atoms with Crippen LogP contribution in [0.15, 0.2) is 78.0 Å². The van der Waals surface area contributed by atoms with Crippen LogP contribution in [0, 0.1) is 0 Å². The summed E-state index contributed by atoms with van der Waals surface area (Å²) in [6.45, 7) is 0.227. The highest BCUT2D eigenvalue weighted by atomic mass is 16.7. The molecule has 0 unspecified atom stereocenters. The van der Waals surface area contributed by atoms with Crippen molar-refractivity contribution in [2.75, 3.05) is 6.79 Å². The second-order valence-electron chi connectivity index (χ2n) is 5.27. The van der Waals surface area contributed by atoms with Gasteiger partial charge in [0.05, 0.1) is 11.5 Å². The molecule has 0 N–H and O–H groups in total. The molecule has 1 aliphatic heterocycles. The Kier molecular flexibility index (Phi) is 3.59. The van der Waals surface area contributed by atoms with Crippen molar-refractivity contribution in [3.63, 3.8) is 0 Å². The summed E-state index contributed by atoms with van der Waals surface area (Å²) in [5.41, 5.74) is 2.23. The van der Waals surface area contributed by atoms with Gasteiger partial charge >= 0.3 is 0 Å². The Labute approximate surface area is 139 Å². The van der Waals surface area contributed by atoms with Gasteiger partial charge in [0.2, 0.25) is 18.7 Å². The number of rotatable bonds is 3. The summed E-state index contributed by atoms with van der Waals surface area (Å²) in [5, 5.41) is 16.6. The lowest BCUT2D eigenvalue weighted by atomic mass is 10.1. The van der Waals surface area contributed by atoms with Gasteiger partial charge in [0.15, 0.2) is 11.5 Å². The monoisotopic (exact) mass is 318 g/mol. The van der Waals surface area contributed by atoms with Crippen molar-refractivity contribution in [3.05, 3.63) is 78.5 Å². The summed E-state index contributed by atoms with van der Waals surface area (Å²) in [5.74, 6) is 1.12. The Morgan fingerprint density at radius 2 is 1.71 bits per heavy atom. The third-order valence-electron chi connectivity index (χ3n) is 3.73. The predicted octanol–water partition coefficient (Wildman–Crippen LogP) is 1.94. The first-order chi connectivity index (χ1) is 11.8. The highest BCUT2D eigenvalue weighted by molar-refractivity contribution is 5.89. The molecule has 0 aliphatic carbocycles. The Balaban J connectivity index is 1.76. The van der Waals surface area contributed by atoms with Crippen LogP contribution in [0.4, 0.5) is 0 Å². The number of benzene rings is 2. The molecule has 4 rings (SSSR count). The summed E-state index contributed by atoms with van der Waals surface area (Å²) >= 11 is 0. The van der Waals surface area contributed by atoms with Crippen molar-refractivity contribution in [2.45, 2.75) is 0 Å². The van der Waals surface area contributed by atoms with Crippen LogP contribution in [-0.2, 0) is 0 Å². The quantitative estimate of drug-likeness (QED) is 0.421. The van der Waals surface area contributed by atoms with E-state index in [0.29, 0.717) is 11.3 Å². The van der Waals surface area contributed by atoms with Crippen LogP contribution in [0.3, 0.4) is 0 Å². The lowest BCUT2D eigenvalue weighted by Gasteiger charge is -2.07. The standard InChI is InChI=1S/C19H14N2O3/c22-19(14-6-2-1-3-7-14)20-21-11-5-4-8-16(21)15-9-10-17-18(12-15)24-13-23-17/h1-12H,13H2. The van der Waals surface area contributed by atoms with Gasteiger partial charge in [0, 0.05) is 12.1 Å². The molecule has 0 saturated heterocycles. The van der Waals surface area contributed by atoms with Gasteiger partial charge in [0.25, 0.3) is 0 Å². The van der Waals surface area contributed by atoms with E-state index in [-0.39, 0.29) is 12.7 Å². The summed E-state index contributed by atoms with van der Waals surface area (Å²) in [6, 6.07) is 20.3. The summed E-state index contributed by atoms with van der Waals surface area (Å²) in [7, 11) is 0. The maximum absolute atomic E-state index is 12.4. The fourth-order valence-electron chi connectivity index (χ4n) is 2.54. The first-order valence-electron chi connectivity index (χ1n) is 7.53. The number of fused-ring (bicyclic) bond motifs is 1. The molecular formula is C19H14N2O3. The topological polar surface area (TPSA) is 57.8 Å². The molecule has 2 heterocycles. The van der Waals surface area contributed by atoms with Crippen molar-refractivity contribution in [1.29, 1.82) is 0 Å². The second kappa shape index (κ2) is 6.04. The lowest BCUT2D eigenvalue weighted by molar-refractivity contribution is -0.670. The third-order valence-corrected chi connectivity index (χ3v) is 3.73. The van der Waals surface area contributed by atoms with Crippen LogP contribution < -0.4 is 19.3 Å². The highest BCUT2D eigenvalue weighted by Gasteiger charge is 2.18. The van der Waals surface area contributed by atoms with Crippen LogP contribution in [0.1, 0.15) is 5.56 Å². The average molecular weight is 318 g/mol. The molecule has 0 amide bonds. The van der Waals surface area contributed by atoms with Gasteiger partial charge in [-0.3, -0.25) is 0 Å². The number of pyridine rings is 1. The minimum atomic E-state index is -0.297. The van der Waals surface area contributed by atoms with Crippen molar-refractivity contribution >= 4 is 5.90 Å². The van der Waals surface area contributed by atoms with Crippen LogP contribution in [0.25, 0.3) is 11.3 Å². The fourth-order valence-corrected chi connectivity index (χ4v) is 2.54. The van der Waals surface area contributed by atoms with E-state index < -0.39 is 0 Å². The maximum atomic E-state index is 12.4. The van der Waals surface area contributed by atoms with Crippen molar-refractivity contribution in [2.24, 2.45) is 5.10 Å². The van der Waals surface area contributed by atoms with Gasteiger partial charge in [-0.2, -0.15) is 0 Å². The molecule has 0 fully saturated rings. The van der Waals surface area contributed by atoms with E-state index in [0.717, 1.165) is 17.0 Å². The predicted molar refractivity (Wildman–Crippen MR) is 86.6 cm³/mol. The molecule has 0 saturated carbocycles. The molecule has 24 heavy (non-hydrogen) atoms. The molecule has 0 atom stereocenters. The molecule has 2 aromatic carbocycles.